The van der Waals surface area contributed by atoms with Crippen LogP contribution in [0.4, 0.5) is 0 Å². The topological polar surface area (TPSA) is 49.8 Å². The summed E-state index contributed by atoms with van der Waals surface area (Å²) >= 11 is 2.01. The second-order valence-corrected chi connectivity index (χ2v) is 6.02. The fourth-order valence-electron chi connectivity index (χ4n) is 2.70. The van der Waals surface area contributed by atoms with Crippen LogP contribution in [0.5, 0.6) is 0 Å². The van der Waals surface area contributed by atoms with Gasteiger partial charge in [0.25, 0.3) is 0 Å². The van der Waals surface area contributed by atoms with Crippen molar-refractivity contribution in [3.05, 3.63) is 0 Å². The normalized spacial score (nSPS) is 33.4. The van der Waals surface area contributed by atoms with Crippen molar-refractivity contribution in [2.75, 3.05) is 37.8 Å². The number of hydrogen-bond donors (Lipinski definition) is 1. The molecule has 0 amide bonds. The first-order valence-corrected chi connectivity index (χ1v) is 7.50. The van der Waals surface area contributed by atoms with Crippen molar-refractivity contribution < 1.29 is 14.6 Å². The van der Waals surface area contributed by atoms with Crippen molar-refractivity contribution >= 4 is 17.7 Å². The van der Waals surface area contributed by atoms with E-state index >= 15 is 0 Å². The van der Waals surface area contributed by atoms with Crippen molar-refractivity contribution in [3.8, 4) is 0 Å². The monoisotopic (exact) mass is 259 g/mol. The van der Waals surface area contributed by atoms with Crippen LogP contribution in [0, 0.1) is 11.8 Å². The van der Waals surface area contributed by atoms with Gasteiger partial charge >= 0.3 is 5.97 Å². The highest BCUT2D eigenvalue weighted by Crippen LogP contribution is 2.27. The second kappa shape index (κ2) is 6.07. The van der Waals surface area contributed by atoms with Crippen molar-refractivity contribution in [1.82, 2.24) is 4.90 Å². The van der Waals surface area contributed by atoms with Gasteiger partial charge in [-0.2, -0.15) is 11.8 Å². The van der Waals surface area contributed by atoms with Crippen LogP contribution in [0.15, 0.2) is 0 Å². The highest BCUT2D eigenvalue weighted by Gasteiger charge is 2.38. The third-order valence-corrected chi connectivity index (χ3v) is 4.99. The molecule has 2 saturated heterocycles. The molecular formula is C12H21NO3S. The Morgan fingerprint density at radius 1 is 1.53 bits per heavy atom. The first kappa shape index (κ1) is 13.2. The average molecular weight is 259 g/mol. The number of carbonyl (C=O) groups is 1. The Hall–Kier alpha value is -0.260. The van der Waals surface area contributed by atoms with Crippen molar-refractivity contribution in [3.63, 3.8) is 0 Å². The van der Waals surface area contributed by atoms with E-state index in [1.165, 1.54) is 17.9 Å². The van der Waals surface area contributed by atoms with Gasteiger partial charge in [-0.25, -0.2) is 0 Å². The van der Waals surface area contributed by atoms with E-state index in [0.717, 1.165) is 19.0 Å². The molecule has 3 atom stereocenters. The molecule has 2 aliphatic rings. The van der Waals surface area contributed by atoms with Gasteiger partial charge in [-0.3, -0.25) is 9.69 Å². The van der Waals surface area contributed by atoms with Crippen LogP contribution in [0.25, 0.3) is 0 Å². The molecule has 0 saturated carbocycles. The number of hydrogen-bond acceptors (Lipinski definition) is 4. The van der Waals surface area contributed by atoms with E-state index < -0.39 is 5.97 Å². The summed E-state index contributed by atoms with van der Waals surface area (Å²) < 4.78 is 5.35. The number of nitrogens with zero attached hydrogens (tertiary/aromatic N) is 1. The minimum absolute atomic E-state index is 0.0723. The van der Waals surface area contributed by atoms with Crippen LogP contribution in [0.3, 0.4) is 0 Å². The van der Waals surface area contributed by atoms with E-state index in [9.17, 15) is 9.90 Å². The first-order valence-electron chi connectivity index (χ1n) is 6.34. The summed E-state index contributed by atoms with van der Waals surface area (Å²) in [7, 11) is 0. The fourth-order valence-corrected chi connectivity index (χ4v) is 3.97. The van der Waals surface area contributed by atoms with Gasteiger partial charge in [0.1, 0.15) is 0 Å². The average Bonchev–Trinajstić information content (AvgIpc) is 2.96. The van der Waals surface area contributed by atoms with E-state index in [0.29, 0.717) is 13.2 Å². The molecule has 2 rings (SSSR count). The molecule has 2 fully saturated rings. The highest BCUT2D eigenvalue weighted by molar-refractivity contribution is 7.99. The van der Waals surface area contributed by atoms with Crippen molar-refractivity contribution in [1.29, 1.82) is 0 Å². The van der Waals surface area contributed by atoms with Gasteiger partial charge in [-0.05, 0) is 30.4 Å². The maximum absolute atomic E-state index is 11.2. The minimum Gasteiger partial charge on any atom is -0.481 e. The lowest BCUT2D eigenvalue weighted by Gasteiger charge is -2.31. The zero-order valence-electron chi connectivity index (χ0n) is 10.3. The number of carboxylic acids is 1. The Kier molecular flexibility index (Phi) is 4.70. The van der Waals surface area contributed by atoms with E-state index in [-0.39, 0.29) is 12.0 Å². The Bertz CT molecular complexity index is 268. The van der Waals surface area contributed by atoms with Gasteiger partial charge in [-0.1, -0.05) is 6.92 Å². The van der Waals surface area contributed by atoms with Gasteiger partial charge in [0.2, 0.25) is 0 Å². The van der Waals surface area contributed by atoms with E-state index in [1.54, 1.807) is 0 Å². The van der Waals surface area contributed by atoms with Crippen LogP contribution < -0.4 is 0 Å². The molecule has 4 nitrogen and oxygen atoms in total. The lowest BCUT2D eigenvalue weighted by atomic mass is 10.00. The minimum atomic E-state index is -0.716. The molecule has 0 spiro atoms. The standard InChI is InChI=1S/C12H21NO3S/c1-2-13(5-9-3-4-17-8-9)11-7-16-6-10(11)12(14)15/h9-11H,2-8H2,1H3,(H,14,15). The molecule has 0 bridgehead atoms. The third-order valence-electron chi connectivity index (χ3n) is 3.76. The summed E-state index contributed by atoms with van der Waals surface area (Å²) in [4.78, 5) is 13.5. The second-order valence-electron chi connectivity index (χ2n) is 4.87. The van der Waals surface area contributed by atoms with Crippen LogP contribution in [-0.2, 0) is 9.53 Å². The molecule has 0 aromatic heterocycles. The molecule has 5 heteroatoms. The van der Waals surface area contributed by atoms with Gasteiger partial charge < -0.3 is 9.84 Å². The van der Waals surface area contributed by atoms with Crippen molar-refractivity contribution in [2.45, 2.75) is 19.4 Å². The molecular weight excluding hydrogens is 238 g/mol. The maximum Gasteiger partial charge on any atom is 0.310 e. The Labute approximate surface area is 107 Å². The SMILES string of the molecule is CCN(CC1CCSC1)C1COCC1C(=O)O. The number of thioether (sulfide) groups is 1. The first-order chi connectivity index (χ1) is 8.22. The molecule has 17 heavy (non-hydrogen) atoms. The van der Waals surface area contributed by atoms with Gasteiger partial charge in [0, 0.05) is 12.6 Å². The van der Waals surface area contributed by atoms with Crippen molar-refractivity contribution in [2.24, 2.45) is 11.8 Å². The van der Waals surface area contributed by atoms with E-state index in [2.05, 4.69) is 11.8 Å². The number of rotatable bonds is 5. The molecule has 1 N–H and O–H groups in total. The van der Waals surface area contributed by atoms with E-state index in [1.807, 2.05) is 11.8 Å². The molecule has 0 radical (unpaired) electrons. The predicted octanol–water partition coefficient (Wildman–Crippen LogP) is 1.16. The number of carboxylic acid groups (broad SMARTS) is 1. The van der Waals surface area contributed by atoms with Crippen LogP contribution in [0.1, 0.15) is 13.3 Å². The third kappa shape index (κ3) is 3.14. The Morgan fingerprint density at radius 3 is 2.94 bits per heavy atom. The highest BCUT2D eigenvalue weighted by atomic mass is 32.2. The molecule has 98 valence electrons. The lowest BCUT2D eigenvalue weighted by molar-refractivity contribution is -0.143. The largest absolute Gasteiger partial charge is 0.481 e. The summed E-state index contributed by atoms with van der Waals surface area (Å²) in [5, 5.41) is 9.18. The molecule has 2 heterocycles. The summed E-state index contributed by atoms with van der Waals surface area (Å²) in [6.45, 7) is 5.00. The molecule has 0 aliphatic carbocycles. The van der Waals surface area contributed by atoms with Crippen LogP contribution in [-0.4, -0.2) is 59.8 Å². The smallest absolute Gasteiger partial charge is 0.310 e. The van der Waals surface area contributed by atoms with Gasteiger partial charge in [-0.15, -0.1) is 0 Å². The molecule has 0 aromatic rings. The lowest BCUT2D eigenvalue weighted by Crippen LogP contribution is -2.45. The zero-order valence-corrected chi connectivity index (χ0v) is 11.1. The van der Waals surface area contributed by atoms with Crippen LogP contribution in [0.2, 0.25) is 0 Å². The summed E-state index contributed by atoms with van der Waals surface area (Å²) in [6.07, 6.45) is 1.27. The zero-order chi connectivity index (χ0) is 12.3. The molecule has 3 unspecified atom stereocenters. The Balaban J connectivity index is 1.94. The quantitative estimate of drug-likeness (QED) is 0.803. The van der Waals surface area contributed by atoms with Gasteiger partial charge in [0.05, 0.1) is 19.1 Å². The Morgan fingerprint density at radius 2 is 2.35 bits per heavy atom. The van der Waals surface area contributed by atoms with Gasteiger partial charge in [0.15, 0.2) is 0 Å². The number of likely N-dealkylation sites (N-methyl/N-ethyl adjacent to an activating group) is 1. The molecule has 2 aliphatic heterocycles. The maximum atomic E-state index is 11.2. The number of aliphatic carboxylic acids is 1. The fraction of sp³-hybridized carbons (Fsp3) is 0.917. The number of ether oxygens (including phenoxy) is 1. The summed E-state index contributed by atoms with van der Waals surface area (Å²) in [6, 6.07) is 0.0723. The molecule has 0 aromatic carbocycles. The predicted molar refractivity (Wildman–Crippen MR) is 68.4 cm³/mol. The summed E-state index contributed by atoms with van der Waals surface area (Å²) in [5.41, 5.74) is 0. The summed E-state index contributed by atoms with van der Waals surface area (Å²) in [5.74, 6) is 2.15. The van der Waals surface area contributed by atoms with E-state index in [4.69, 9.17) is 4.74 Å². The van der Waals surface area contributed by atoms with Crippen LogP contribution >= 0.6 is 11.8 Å².